The summed E-state index contributed by atoms with van der Waals surface area (Å²) in [5.74, 6) is 0. The van der Waals surface area contributed by atoms with E-state index >= 15 is 0 Å². The van der Waals surface area contributed by atoms with Crippen molar-refractivity contribution in [2.24, 2.45) is 13.5 Å². The zero-order valence-electron chi connectivity index (χ0n) is 30.1. The highest BCUT2D eigenvalue weighted by atomic mass is 31.3. The molecule has 0 aliphatic carbocycles. The van der Waals surface area contributed by atoms with Gasteiger partial charge in [0.1, 0.15) is 0 Å². The Labute approximate surface area is 301 Å². The average molecular weight is 808 g/mol. The molecule has 0 radical (unpaired) electrons. The lowest BCUT2D eigenvalue weighted by atomic mass is 10.7. The van der Waals surface area contributed by atoms with E-state index in [1.807, 2.05) is 0 Å². The number of aliphatic hydroxyl groups is 3. The fraction of sp³-hybridized carbons (Fsp3) is 1.00. The van der Waals surface area contributed by atoms with E-state index < -0.39 is 23.0 Å². The first-order valence-corrected chi connectivity index (χ1v) is 21.1. The standard InChI is InChI=1S/C27H60N3O18P3/c1-34-10-13-40-19-25-46-49(43-22-16-37-7-4-31)28-50(44-23-17-38-8-5-32,47-26-20-41-14-11-35-2)30-51(29-49,45-24-18-39-9-6-33)48-27-21-42-15-12-36-3/h31-33H,4-27H2,1-3H3. The molecule has 0 unspecified atom stereocenters. The zero-order chi connectivity index (χ0) is 37.2. The van der Waals surface area contributed by atoms with Crippen molar-refractivity contribution in [2.75, 3.05) is 180 Å². The summed E-state index contributed by atoms with van der Waals surface area (Å²) in [6.07, 6.45) is 0. The molecule has 1 aliphatic rings. The van der Waals surface area contributed by atoms with E-state index in [2.05, 4.69) is 0 Å². The minimum Gasteiger partial charge on any atom is -0.394 e. The summed E-state index contributed by atoms with van der Waals surface area (Å²) >= 11 is 0. The summed E-state index contributed by atoms with van der Waals surface area (Å²) in [6.45, 7) is 2.32. The van der Waals surface area contributed by atoms with Gasteiger partial charge in [0.2, 0.25) is 0 Å². The molecule has 306 valence electrons. The number of hydrogen-bond donors (Lipinski definition) is 3. The van der Waals surface area contributed by atoms with Crippen LogP contribution in [0.4, 0.5) is 0 Å². The second-order valence-corrected chi connectivity index (χ2v) is 16.2. The van der Waals surface area contributed by atoms with Crippen molar-refractivity contribution >= 4 is 23.0 Å². The monoisotopic (exact) mass is 807 g/mol. The molecule has 0 saturated heterocycles. The molecule has 51 heavy (non-hydrogen) atoms. The van der Waals surface area contributed by atoms with Gasteiger partial charge < -0.3 is 85.1 Å². The first kappa shape index (κ1) is 49.0. The molecular formula is C27H60N3O18P3. The molecule has 0 amide bonds. The molecule has 21 nitrogen and oxygen atoms in total. The molecule has 0 saturated carbocycles. The topological polar surface area (TPSA) is 236 Å². The van der Waals surface area contributed by atoms with Gasteiger partial charge in [-0.2, -0.15) is 0 Å². The normalized spacial score (nSPS) is 21.8. The fourth-order valence-corrected chi connectivity index (χ4v) is 12.8. The van der Waals surface area contributed by atoms with Gasteiger partial charge in [-0.15, -0.1) is 13.5 Å². The Morgan fingerprint density at radius 2 is 0.490 bits per heavy atom. The second kappa shape index (κ2) is 33.3. The van der Waals surface area contributed by atoms with Crippen LogP contribution in [0.15, 0.2) is 13.5 Å². The van der Waals surface area contributed by atoms with Crippen molar-refractivity contribution in [1.82, 2.24) is 0 Å². The Hall–Kier alpha value is -0.0300. The molecule has 0 fully saturated rings. The van der Waals surface area contributed by atoms with Crippen LogP contribution in [0.2, 0.25) is 0 Å². The fourth-order valence-electron chi connectivity index (χ4n) is 3.43. The molecule has 0 aromatic carbocycles. The smallest absolute Gasteiger partial charge is 0.349 e. The van der Waals surface area contributed by atoms with Gasteiger partial charge in [-0.3, -0.25) is 0 Å². The van der Waals surface area contributed by atoms with Crippen molar-refractivity contribution in [3.05, 3.63) is 0 Å². The molecule has 1 aliphatic heterocycles. The Bertz CT molecular complexity index is 851. The minimum absolute atomic E-state index is 0.0124. The average Bonchev–Trinajstić information content (AvgIpc) is 3.12. The lowest BCUT2D eigenvalue weighted by molar-refractivity contribution is 0.0448. The molecule has 0 aromatic rings. The van der Waals surface area contributed by atoms with Crippen molar-refractivity contribution < 1.29 is 85.1 Å². The Balaban J connectivity index is 3.71. The van der Waals surface area contributed by atoms with E-state index in [1.165, 1.54) is 0 Å². The largest absolute Gasteiger partial charge is 0.394 e. The Kier molecular flexibility index (Phi) is 32.0. The third-order valence-corrected chi connectivity index (χ3v) is 14.1. The van der Waals surface area contributed by atoms with Crippen LogP contribution in [-0.2, 0) is 69.8 Å². The van der Waals surface area contributed by atoms with Crippen LogP contribution in [0.25, 0.3) is 0 Å². The molecule has 0 atom stereocenters. The van der Waals surface area contributed by atoms with Gasteiger partial charge in [-0.05, 0) is 0 Å². The van der Waals surface area contributed by atoms with Crippen LogP contribution in [0.3, 0.4) is 0 Å². The van der Waals surface area contributed by atoms with E-state index in [1.54, 1.807) is 21.3 Å². The van der Waals surface area contributed by atoms with Gasteiger partial charge in [-0.25, -0.2) is 0 Å². The summed E-state index contributed by atoms with van der Waals surface area (Å²) in [6, 6.07) is 0. The Morgan fingerprint density at radius 1 is 0.294 bits per heavy atom. The number of aliphatic hydroxyl groups excluding tert-OH is 3. The van der Waals surface area contributed by atoms with Crippen molar-refractivity contribution in [2.45, 2.75) is 0 Å². The molecule has 1 rings (SSSR count). The van der Waals surface area contributed by atoms with Crippen LogP contribution < -0.4 is 0 Å². The van der Waals surface area contributed by atoms with Gasteiger partial charge in [0.15, 0.2) is 0 Å². The van der Waals surface area contributed by atoms with Crippen LogP contribution in [0.1, 0.15) is 0 Å². The minimum atomic E-state index is -3.77. The molecular weight excluding hydrogens is 747 g/mol. The van der Waals surface area contributed by atoms with Crippen LogP contribution in [0, 0.1) is 0 Å². The van der Waals surface area contributed by atoms with Gasteiger partial charge in [0.25, 0.3) is 0 Å². The molecule has 1 heterocycles. The van der Waals surface area contributed by atoms with Gasteiger partial charge in [0, 0.05) is 21.3 Å². The number of methoxy groups -OCH3 is 3. The van der Waals surface area contributed by atoms with Crippen molar-refractivity contribution in [3.63, 3.8) is 0 Å². The number of rotatable bonds is 39. The molecule has 3 N–H and O–H groups in total. The highest BCUT2D eigenvalue weighted by molar-refractivity contribution is 7.78. The SMILES string of the molecule is COCCOCCOP1(OCCOCCO)=NP(OCCOCCO)(OCCOCCOC)=NP(OCCOCCO)(OCCOCCOC)=N1. The van der Waals surface area contributed by atoms with Crippen LogP contribution in [0.5, 0.6) is 0 Å². The van der Waals surface area contributed by atoms with Crippen molar-refractivity contribution in [1.29, 1.82) is 0 Å². The summed E-state index contributed by atoms with van der Waals surface area (Å²) in [4.78, 5) is 0. The lowest BCUT2D eigenvalue weighted by Crippen LogP contribution is -2.14. The summed E-state index contributed by atoms with van der Waals surface area (Å²) < 4.78 is 101. The van der Waals surface area contributed by atoms with Crippen LogP contribution >= 0.6 is 23.0 Å². The van der Waals surface area contributed by atoms with E-state index in [-0.39, 0.29) is 119 Å². The predicted molar refractivity (Wildman–Crippen MR) is 186 cm³/mol. The van der Waals surface area contributed by atoms with E-state index in [4.69, 9.17) is 83.3 Å². The summed E-state index contributed by atoms with van der Waals surface area (Å²) in [7, 11) is -6.62. The Morgan fingerprint density at radius 3 is 0.686 bits per heavy atom. The first-order chi connectivity index (χ1) is 25.0. The maximum atomic E-state index is 9.19. The van der Waals surface area contributed by atoms with E-state index in [0.29, 0.717) is 39.6 Å². The van der Waals surface area contributed by atoms with Gasteiger partial charge >= 0.3 is 23.0 Å². The third-order valence-electron chi connectivity index (χ3n) is 5.60. The molecule has 24 heteroatoms. The number of nitrogens with zero attached hydrogens (tertiary/aromatic N) is 3. The lowest BCUT2D eigenvalue weighted by Gasteiger charge is -2.33. The highest BCUT2D eigenvalue weighted by Crippen LogP contribution is 2.80. The van der Waals surface area contributed by atoms with Gasteiger partial charge in [0.05, 0.1) is 159 Å². The molecule has 0 bridgehead atoms. The van der Waals surface area contributed by atoms with E-state index in [0.717, 1.165) is 0 Å². The van der Waals surface area contributed by atoms with Crippen LogP contribution in [-0.4, -0.2) is 195 Å². The maximum Gasteiger partial charge on any atom is 0.349 e. The third kappa shape index (κ3) is 24.2. The van der Waals surface area contributed by atoms with Crippen molar-refractivity contribution in [3.8, 4) is 0 Å². The maximum absolute atomic E-state index is 9.19. The van der Waals surface area contributed by atoms with Gasteiger partial charge in [-0.1, -0.05) is 0 Å². The number of ether oxygens (including phenoxy) is 9. The summed E-state index contributed by atoms with van der Waals surface area (Å²) in [5.41, 5.74) is 0. The molecule has 0 spiro atoms. The number of hydrogen-bond acceptors (Lipinski definition) is 21. The molecule has 0 aromatic heterocycles. The van der Waals surface area contributed by atoms with E-state index in [9.17, 15) is 15.3 Å². The zero-order valence-corrected chi connectivity index (χ0v) is 32.8. The first-order valence-electron chi connectivity index (χ1n) is 16.5. The quantitative estimate of drug-likeness (QED) is 0.0595. The highest BCUT2D eigenvalue weighted by Gasteiger charge is 2.43. The summed E-state index contributed by atoms with van der Waals surface area (Å²) in [5, 5.41) is 27.6. The predicted octanol–water partition coefficient (Wildman–Crippen LogP) is 1.95. The second-order valence-electron chi connectivity index (χ2n) is 9.56.